The SMILES string of the molecule is CCCC(C)CNC1CCOc2ccccc21. The molecule has 2 atom stereocenters. The van der Waals surface area contributed by atoms with Crippen LogP contribution in [0.2, 0.25) is 0 Å². The van der Waals surface area contributed by atoms with Crippen molar-refractivity contribution in [2.45, 2.75) is 39.2 Å². The number of fused-ring (bicyclic) bond motifs is 1. The van der Waals surface area contributed by atoms with E-state index in [1.165, 1.54) is 18.4 Å². The van der Waals surface area contributed by atoms with Gasteiger partial charge >= 0.3 is 0 Å². The van der Waals surface area contributed by atoms with E-state index in [0.717, 1.165) is 31.2 Å². The Labute approximate surface area is 104 Å². The minimum atomic E-state index is 0.472. The lowest BCUT2D eigenvalue weighted by molar-refractivity contribution is 0.248. The second-order valence-corrected chi connectivity index (χ2v) is 5.03. The van der Waals surface area contributed by atoms with Crippen LogP contribution in [0.25, 0.3) is 0 Å². The van der Waals surface area contributed by atoms with E-state index in [1.807, 2.05) is 6.07 Å². The topological polar surface area (TPSA) is 21.3 Å². The quantitative estimate of drug-likeness (QED) is 0.840. The largest absolute Gasteiger partial charge is 0.493 e. The number of benzene rings is 1. The van der Waals surface area contributed by atoms with Gasteiger partial charge in [-0.3, -0.25) is 0 Å². The zero-order valence-electron chi connectivity index (χ0n) is 10.9. The molecule has 1 heterocycles. The molecule has 0 saturated carbocycles. The standard InChI is InChI=1S/C15H23NO/c1-3-6-12(2)11-16-14-9-10-17-15-8-5-4-7-13(14)15/h4-5,7-8,12,14,16H,3,6,9-11H2,1-2H3. The first-order valence-electron chi connectivity index (χ1n) is 6.76. The van der Waals surface area contributed by atoms with Crippen LogP contribution in [-0.4, -0.2) is 13.2 Å². The fraction of sp³-hybridized carbons (Fsp3) is 0.600. The third-order valence-corrected chi connectivity index (χ3v) is 3.45. The lowest BCUT2D eigenvalue weighted by Gasteiger charge is -2.27. The highest BCUT2D eigenvalue weighted by Gasteiger charge is 2.20. The lowest BCUT2D eigenvalue weighted by Crippen LogP contribution is -2.30. The molecule has 1 aliphatic rings. The molecule has 1 aromatic rings. The lowest BCUT2D eigenvalue weighted by atomic mass is 9.99. The fourth-order valence-corrected chi connectivity index (χ4v) is 2.49. The molecule has 2 unspecified atom stereocenters. The van der Waals surface area contributed by atoms with Crippen LogP contribution >= 0.6 is 0 Å². The highest BCUT2D eigenvalue weighted by molar-refractivity contribution is 5.37. The van der Waals surface area contributed by atoms with E-state index < -0.39 is 0 Å². The molecule has 1 N–H and O–H groups in total. The molecular formula is C15H23NO. The minimum absolute atomic E-state index is 0.472. The van der Waals surface area contributed by atoms with Gasteiger partial charge in [0.05, 0.1) is 6.61 Å². The first-order valence-corrected chi connectivity index (χ1v) is 6.76. The molecule has 1 aliphatic heterocycles. The smallest absolute Gasteiger partial charge is 0.124 e. The molecule has 94 valence electrons. The fourth-order valence-electron chi connectivity index (χ4n) is 2.49. The maximum atomic E-state index is 5.67. The molecular weight excluding hydrogens is 210 g/mol. The molecule has 1 aromatic carbocycles. The van der Waals surface area contributed by atoms with Gasteiger partial charge in [0.25, 0.3) is 0 Å². The Balaban J connectivity index is 1.94. The summed E-state index contributed by atoms with van der Waals surface area (Å²) in [6.45, 7) is 6.51. The van der Waals surface area contributed by atoms with Crippen LogP contribution in [0.1, 0.15) is 44.7 Å². The Morgan fingerprint density at radius 2 is 2.24 bits per heavy atom. The van der Waals surface area contributed by atoms with E-state index in [1.54, 1.807) is 0 Å². The van der Waals surface area contributed by atoms with Crippen molar-refractivity contribution in [1.29, 1.82) is 0 Å². The second kappa shape index (κ2) is 6.06. The maximum absolute atomic E-state index is 5.67. The zero-order valence-corrected chi connectivity index (χ0v) is 10.9. The van der Waals surface area contributed by atoms with E-state index in [-0.39, 0.29) is 0 Å². The summed E-state index contributed by atoms with van der Waals surface area (Å²) in [5, 5.41) is 3.68. The summed E-state index contributed by atoms with van der Waals surface area (Å²) in [6.07, 6.45) is 3.65. The second-order valence-electron chi connectivity index (χ2n) is 5.03. The van der Waals surface area contributed by atoms with Crippen molar-refractivity contribution >= 4 is 0 Å². The zero-order chi connectivity index (χ0) is 12.1. The summed E-state index contributed by atoms with van der Waals surface area (Å²) in [5.74, 6) is 1.81. The van der Waals surface area contributed by atoms with Gasteiger partial charge < -0.3 is 10.1 Å². The van der Waals surface area contributed by atoms with E-state index in [4.69, 9.17) is 4.74 Å². The molecule has 2 nitrogen and oxygen atoms in total. The van der Waals surface area contributed by atoms with Crippen molar-refractivity contribution in [2.24, 2.45) is 5.92 Å². The molecule has 17 heavy (non-hydrogen) atoms. The van der Waals surface area contributed by atoms with Crippen LogP contribution in [0.15, 0.2) is 24.3 Å². The summed E-state index contributed by atoms with van der Waals surface area (Å²) in [4.78, 5) is 0. The van der Waals surface area contributed by atoms with E-state index in [9.17, 15) is 0 Å². The molecule has 0 fully saturated rings. The van der Waals surface area contributed by atoms with Gasteiger partial charge in [0.1, 0.15) is 5.75 Å². The molecule has 0 spiro atoms. The van der Waals surface area contributed by atoms with Crippen LogP contribution in [-0.2, 0) is 0 Å². The maximum Gasteiger partial charge on any atom is 0.124 e. The first-order chi connectivity index (χ1) is 8.31. The van der Waals surface area contributed by atoms with Crippen molar-refractivity contribution in [3.8, 4) is 5.75 Å². The molecule has 0 saturated heterocycles. The Morgan fingerprint density at radius 3 is 3.06 bits per heavy atom. The van der Waals surface area contributed by atoms with Crippen LogP contribution in [0.3, 0.4) is 0 Å². The summed E-state index contributed by atoms with van der Waals surface area (Å²) < 4.78 is 5.67. The van der Waals surface area contributed by atoms with Gasteiger partial charge in [0.15, 0.2) is 0 Å². The highest BCUT2D eigenvalue weighted by atomic mass is 16.5. The van der Waals surface area contributed by atoms with Gasteiger partial charge in [-0.2, -0.15) is 0 Å². The van der Waals surface area contributed by atoms with E-state index >= 15 is 0 Å². The predicted octanol–water partition coefficient (Wildman–Crippen LogP) is 3.54. The number of hydrogen-bond donors (Lipinski definition) is 1. The number of hydrogen-bond acceptors (Lipinski definition) is 2. The Morgan fingerprint density at radius 1 is 1.41 bits per heavy atom. The number of rotatable bonds is 5. The van der Waals surface area contributed by atoms with Crippen LogP contribution < -0.4 is 10.1 Å². The van der Waals surface area contributed by atoms with Crippen molar-refractivity contribution in [3.63, 3.8) is 0 Å². The normalized spacial score (nSPS) is 20.5. The first kappa shape index (κ1) is 12.4. The molecule has 2 heteroatoms. The minimum Gasteiger partial charge on any atom is -0.493 e. The van der Waals surface area contributed by atoms with Crippen LogP contribution in [0.5, 0.6) is 5.75 Å². The van der Waals surface area contributed by atoms with Gasteiger partial charge in [-0.25, -0.2) is 0 Å². The summed E-state index contributed by atoms with van der Waals surface area (Å²) in [7, 11) is 0. The van der Waals surface area contributed by atoms with Crippen LogP contribution in [0, 0.1) is 5.92 Å². The number of ether oxygens (including phenoxy) is 1. The van der Waals surface area contributed by atoms with Crippen molar-refractivity contribution in [1.82, 2.24) is 5.32 Å². The molecule has 0 bridgehead atoms. The predicted molar refractivity (Wildman–Crippen MR) is 71.4 cm³/mol. The van der Waals surface area contributed by atoms with E-state index in [2.05, 4.69) is 37.4 Å². The van der Waals surface area contributed by atoms with Crippen molar-refractivity contribution in [3.05, 3.63) is 29.8 Å². The van der Waals surface area contributed by atoms with Gasteiger partial charge in [0.2, 0.25) is 0 Å². The number of nitrogens with one attached hydrogen (secondary N) is 1. The van der Waals surface area contributed by atoms with Crippen molar-refractivity contribution < 1.29 is 4.74 Å². The average molecular weight is 233 g/mol. The van der Waals surface area contributed by atoms with Gasteiger partial charge in [0, 0.05) is 18.0 Å². The Bertz CT molecular complexity index is 351. The van der Waals surface area contributed by atoms with Gasteiger partial charge in [-0.05, 0) is 24.9 Å². The highest BCUT2D eigenvalue weighted by Crippen LogP contribution is 2.31. The van der Waals surface area contributed by atoms with Crippen molar-refractivity contribution in [2.75, 3.05) is 13.2 Å². The summed E-state index contributed by atoms with van der Waals surface area (Å²) >= 11 is 0. The third-order valence-electron chi connectivity index (χ3n) is 3.45. The summed E-state index contributed by atoms with van der Waals surface area (Å²) in [6, 6.07) is 8.85. The molecule has 0 aliphatic carbocycles. The average Bonchev–Trinajstić information content (AvgIpc) is 2.36. The molecule has 2 rings (SSSR count). The summed E-state index contributed by atoms with van der Waals surface area (Å²) in [5.41, 5.74) is 1.32. The molecule has 0 amide bonds. The monoisotopic (exact) mass is 233 g/mol. The van der Waals surface area contributed by atoms with Gasteiger partial charge in [-0.1, -0.05) is 38.5 Å². The third kappa shape index (κ3) is 3.22. The van der Waals surface area contributed by atoms with Crippen LogP contribution in [0.4, 0.5) is 0 Å². The molecule has 0 aromatic heterocycles. The Hall–Kier alpha value is -1.02. The van der Waals surface area contributed by atoms with E-state index in [0.29, 0.717) is 6.04 Å². The Kier molecular flexibility index (Phi) is 4.43. The molecule has 0 radical (unpaired) electrons. The van der Waals surface area contributed by atoms with Gasteiger partial charge in [-0.15, -0.1) is 0 Å². The number of para-hydroxylation sites is 1.